The first kappa shape index (κ1) is 19.1. The van der Waals surface area contributed by atoms with Gasteiger partial charge in [0, 0.05) is 17.6 Å². The minimum Gasteiger partial charge on any atom is -0.410 e. The molecule has 2 aromatic heterocycles. The molecule has 2 heterocycles. The van der Waals surface area contributed by atoms with Gasteiger partial charge in [-0.25, -0.2) is 4.68 Å². The van der Waals surface area contributed by atoms with Crippen LogP contribution in [0.15, 0.2) is 69.0 Å². The number of hydrogen-bond acceptors (Lipinski definition) is 7. The third kappa shape index (κ3) is 4.27. The number of rotatable bonds is 7. The van der Waals surface area contributed by atoms with Gasteiger partial charge in [-0.2, -0.15) is 5.10 Å². The lowest BCUT2D eigenvalue weighted by atomic mass is 10.1. The van der Waals surface area contributed by atoms with E-state index in [4.69, 9.17) is 4.42 Å². The van der Waals surface area contributed by atoms with Crippen LogP contribution >= 0.6 is 11.8 Å². The lowest BCUT2D eigenvalue weighted by Crippen LogP contribution is -2.24. The fourth-order valence-electron chi connectivity index (χ4n) is 2.90. The van der Waals surface area contributed by atoms with Gasteiger partial charge in [-0.05, 0) is 18.6 Å². The zero-order chi connectivity index (χ0) is 20.2. The maximum absolute atomic E-state index is 12.9. The van der Waals surface area contributed by atoms with Gasteiger partial charge in [0.25, 0.3) is 16.7 Å². The standard InChI is InChI=1S/C21H18N4O3S/c1-14(26)11-12-29-21-23-22-19(28-21)18-16-9-5-6-10-17(16)20(27)25(24-18)13-15-7-3-2-4-8-15/h2-10H,11-13H2,1H3. The van der Waals surface area contributed by atoms with Crippen LogP contribution in [0, 0.1) is 0 Å². The number of hydrogen-bond donors (Lipinski definition) is 0. The summed E-state index contributed by atoms with van der Waals surface area (Å²) >= 11 is 1.32. The Morgan fingerprint density at radius 2 is 1.76 bits per heavy atom. The summed E-state index contributed by atoms with van der Waals surface area (Å²) in [6.45, 7) is 1.89. The molecule has 0 aliphatic rings. The maximum Gasteiger partial charge on any atom is 0.276 e. The average molecular weight is 406 g/mol. The highest BCUT2D eigenvalue weighted by molar-refractivity contribution is 7.99. The quantitative estimate of drug-likeness (QED) is 0.433. The number of benzene rings is 2. The molecule has 0 N–H and O–H groups in total. The molecule has 0 radical (unpaired) electrons. The zero-order valence-electron chi connectivity index (χ0n) is 15.7. The number of fused-ring (bicyclic) bond motifs is 1. The van der Waals surface area contributed by atoms with E-state index in [0.29, 0.717) is 40.4 Å². The molecular weight excluding hydrogens is 388 g/mol. The van der Waals surface area contributed by atoms with E-state index in [1.54, 1.807) is 13.0 Å². The van der Waals surface area contributed by atoms with Crippen molar-refractivity contribution in [3.05, 3.63) is 70.5 Å². The van der Waals surface area contributed by atoms with Crippen molar-refractivity contribution in [2.75, 3.05) is 5.75 Å². The second kappa shape index (κ2) is 8.40. The molecule has 0 unspecified atom stereocenters. The second-order valence-electron chi connectivity index (χ2n) is 6.52. The maximum atomic E-state index is 12.9. The van der Waals surface area contributed by atoms with Gasteiger partial charge in [-0.3, -0.25) is 9.59 Å². The van der Waals surface area contributed by atoms with E-state index in [0.717, 1.165) is 5.56 Å². The first-order chi connectivity index (χ1) is 14.1. The summed E-state index contributed by atoms with van der Waals surface area (Å²) in [5.41, 5.74) is 1.25. The van der Waals surface area contributed by atoms with Crippen molar-refractivity contribution >= 4 is 28.3 Å². The van der Waals surface area contributed by atoms with Gasteiger partial charge in [0.15, 0.2) is 5.69 Å². The SMILES string of the molecule is CC(=O)CCSc1nnc(-c2nn(Cc3ccccc3)c(=O)c3ccccc23)o1. The Balaban J connectivity index is 1.74. The van der Waals surface area contributed by atoms with Crippen LogP contribution in [0.4, 0.5) is 0 Å². The number of thioether (sulfide) groups is 1. The minimum absolute atomic E-state index is 0.109. The fraction of sp³-hybridized carbons (Fsp3) is 0.190. The normalized spacial score (nSPS) is 11.1. The van der Waals surface area contributed by atoms with Gasteiger partial charge in [0.1, 0.15) is 5.78 Å². The molecule has 0 amide bonds. The molecule has 0 saturated heterocycles. The van der Waals surface area contributed by atoms with E-state index in [1.807, 2.05) is 48.5 Å². The van der Waals surface area contributed by atoms with Gasteiger partial charge in [-0.1, -0.05) is 60.3 Å². The van der Waals surface area contributed by atoms with E-state index >= 15 is 0 Å². The molecule has 7 nitrogen and oxygen atoms in total. The van der Waals surface area contributed by atoms with Crippen LogP contribution in [0.25, 0.3) is 22.4 Å². The molecule has 0 saturated carbocycles. The Morgan fingerprint density at radius 1 is 1.03 bits per heavy atom. The summed E-state index contributed by atoms with van der Waals surface area (Å²) in [5.74, 6) is 0.921. The predicted octanol–water partition coefficient (Wildman–Crippen LogP) is 3.57. The van der Waals surface area contributed by atoms with Crippen molar-refractivity contribution in [1.82, 2.24) is 20.0 Å². The number of ketones is 1. The van der Waals surface area contributed by atoms with Crippen LogP contribution in [0.3, 0.4) is 0 Å². The highest BCUT2D eigenvalue weighted by Crippen LogP contribution is 2.26. The van der Waals surface area contributed by atoms with Gasteiger partial charge >= 0.3 is 0 Å². The van der Waals surface area contributed by atoms with Gasteiger partial charge in [0.05, 0.1) is 11.9 Å². The van der Waals surface area contributed by atoms with E-state index in [-0.39, 0.29) is 17.2 Å². The molecule has 0 bridgehead atoms. The molecule has 0 aliphatic heterocycles. The molecule has 29 heavy (non-hydrogen) atoms. The van der Waals surface area contributed by atoms with Crippen molar-refractivity contribution in [3.63, 3.8) is 0 Å². The fourth-order valence-corrected chi connectivity index (χ4v) is 3.70. The topological polar surface area (TPSA) is 90.9 Å². The smallest absolute Gasteiger partial charge is 0.276 e. The predicted molar refractivity (Wildman–Crippen MR) is 111 cm³/mol. The Labute approximate surface area is 170 Å². The second-order valence-corrected chi connectivity index (χ2v) is 7.56. The first-order valence-electron chi connectivity index (χ1n) is 9.12. The third-order valence-electron chi connectivity index (χ3n) is 4.33. The van der Waals surface area contributed by atoms with E-state index < -0.39 is 0 Å². The van der Waals surface area contributed by atoms with Crippen LogP contribution in [0.5, 0.6) is 0 Å². The summed E-state index contributed by atoms with van der Waals surface area (Å²) in [6.07, 6.45) is 0.436. The molecule has 0 spiro atoms. The van der Waals surface area contributed by atoms with Crippen LogP contribution in [-0.4, -0.2) is 31.5 Å². The Morgan fingerprint density at radius 3 is 2.52 bits per heavy atom. The summed E-state index contributed by atoms with van der Waals surface area (Å²) in [6, 6.07) is 16.9. The largest absolute Gasteiger partial charge is 0.410 e. The lowest BCUT2D eigenvalue weighted by Gasteiger charge is -2.09. The number of carbonyl (C=O) groups excluding carboxylic acids is 1. The van der Waals surface area contributed by atoms with Gasteiger partial charge < -0.3 is 4.42 Å². The highest BCUT2D eigenvalue weighted by atomic mass is 32.2. The van der Waals surface area contributed by atoms with Crippen LogP contribution in [0.1, 0.15) is 18.9 Å². The number of Topliss-reactive ketones (excluding diaryl/α,β-unsaturated/α-hetero) is 1. The third-order valence-corrected chi connectivity index (χ3v) is 5.15. The monoisotopic (exact) mass is 406 g/mol. The van der Waals surface area contributed by atoms with Crippen molar-refractivity contribution < 1.29 is 9.21 Å². The van der Waals surface area contributed by atoms with Crippen molar-refractivity contribution in [2.24, 2.45) is 0 Å². The molecule has 0 atom stereocenters. The number of nitrogens with zero attached hydrogens (tertiary/aromatic N) is 4. The average Bonchev–Trinajstić information content (AvgIpc) is 3.19. The summed E-state index contributed by atoms with van der Waals surface area (Å²) < 4.78 is 7.17. The van der Waals surface area contributed by atoms with E-state index in [2.05, 4.69) is 15.3 Å². The van der Waals surface area contributed by atoms with E-state index in [9.17, 15) is 9.59 Å². The highest BCUT2D eigenvalue weighted by Gasteiger charge is 2.18. The molecule has 4 aromatic rings. The summed E-state index contributed by atoms with van der Waals surface area (Å²) in [4.78, 5) is 24.0. The van der Waals surface area contributed by atoms with Gasteiger partial charge in [0.2, 0.25) is 0 Å². The zero-order valence-corrected chi connectivity index (χ0v) is 16.6. The van der Waals surface area contributed by atoms with Crippen LogP contribution in [0.2, 0.25) is 0 Å². The summed E-state index contributed by atoms with van der Waals surface area (Å²) in [5, 5.41) is 14.2. The Bertz CT molecular complexity index is 1220. The Hall–Kier alpha value is -3.26. The first-order valence-corrected chi connectivity index (χ1v) is 10.1. The summed E-state index contributed by atoms with van der Waals surface area (Å²) in [7, 11) is 0. The Kier molecular flexibility index (Phi) is 5.53. The molecule has 8 heteroatoms. The molecular formula is C21H18N4O3S. The molecule has 0 fully saturated rings. The van der Waals surface area contributed by atoms with Crippen LogP contribution < -0.4 is 5.56 Å². The lowest BCUT2D eigenvalue weighted by molar-refractivity contribution is -0.116. The van der Waals surface area contributed by atoms with Crippen molar-refractivity contribution in [2.45, 2.75) is 25.1 Å². The van der Waals surface area contributed by atoms with Crippen molar-refractivity contribution in [3.8, 4) is 11.6 Å². The molecule has 4 rings (SSSR count). The van der Waals surface area contributed by atoms with E-state index in [1.165, 1.54) is 16.4 Å². The molecule has 0 aliphatic carbocycles. The molecule has 2 aromatic carbocycles. The number of carbonyl (C=O) groups is 1. The van der Waals surface area contributed by atoms with Crippen LogP contribution in [-0.2, 0) is 11.3 Å². The van der Waals surface area contributed by atoms with Crippen molar-refractivity contribution in [1.29, 1.82) is 0 Å². The van der Waals surface area contributed by atoms with Gasteiger partial charge in [-0.15, -0.1) is 10.2 Å². The molecule has 146 valence electrons. The number of aromatic nitrogens is 4. The minimum atomic E-state index is -0.177.